The predicted octanol–water partition coefficient (Wildman–Crippen LogP) is 1.75. The van der Waals surface area contributed by atoms with E-state index in [1.165, 1.54) is 0 Å². The number of aliphatic hydroxyl groups is 1. The first-order chi connectivity index (χ1) is 9.52. The molecule has 1 aromatic carbocycles. The van der Waals surface area contributed by atoms with Crippen LogP contribution in [0.15, 0.2) is 24.3 Å². The van der Waals surface area contributed by atoms with Gasteiger partial charge in [0, 0.05) is 31.7 Å². The molecule has 112 valence electrons. The summed E-state index contributed by atoms with van der Waals surface area (Å²) in [7, 11) is 3.81. The molecule has 0 aromatic heterocycles. The van der Waals surface area contributed by atoms with Crippen LogP contribution in [0.25, 0.3) is 0 Å². The molecular formula is C16H26N2O2. The summed E-state index contributed by atoms with van der Waals surface area (Å²) in [6.07, 6.45) is -0.462. The molecule has 1 aliphatic rings. The summed E-state index contributed by atoms with van der Waals surface area (Å²) in [4.78, 5) is 4.74. The first-order valence-corrected chi connectivity index (χ1v) is 7.29. The smallest absolute Gasteiger partial charge is 0.118 e. The zero-order chi connectivity index (χ0) is 14.7. The second kappa shape index (κ2) is 6.57. The van der Waals surface area contributed by atoms with Crippen LogP contribution in [-0.4, -0.2) is 60.8 Å². The Hall–Kier alpha value is -1.10. The van der Waals surface area contributed by atoms with E-state index < -0.39 is 6.10 Å². The molecule has 2 rings (SSSR count). The second-order valence-corrected chi connectivity index (χ2v) is 5.78. The highest BCUT2D eigenvalue weighted by atomic mass is 16.5. The van der Waals surface area contributed by atoms with Crippen LogP contribution in [-0.2, 0) is 0 Å². The van der Waals surface area contributed by atoms with Crippen LogP contribution in [0.3, 0.4) is 0 Å². The minimum atomic E-state index is -0.462. The molecule has 3 unspecified atom stereocenters. The fourth-order valence-electron chi connectivity index (χ4n) is 2.73. The molecule has 0 saturated carbocycles. The Morgan fingerprint density at radius 1 is 1.25 bits per heavy atom. The van der Waals surface area contributed by atoms with Crippen LogP contribution >= 0.6 is 0 Å². The first kappa shape index (κ1) is 15.3. The van der Waals surface area contributed by atoms with E-state index in [9.17, 15) is 5.11 Å². The predicted molar refractivity (Wildman–Crippen MR) is 81.1 cm³/mol. The molecule has 1 saturated heterocycles. The molecule has 20 heavy (non-hydrogen) atoms. The summed E-state index contributed by atoms with van der Waals surface area (Å²) >= 11 is 0. The largest absolute Gasteiger partial charge is 0.497 e. The van der Waals surface area contributed by atoms with E-state index in [0.717, 1.165) is 30.9 Å². The highest BCUT2D eigenvalue weighted by molar-refractivity contribution is 5.29. The Kier molecular flexibility index (Phi) is 5.02. The van der Waals surface area contributed by atoms with E-state index in [4.69, 9.17) is 4.74 Å². The van der Waals surface area contributed by atoms with Gasteiger partial charge in [0.15, 0.2) is 0 Å². The minimum Gasteiger partial charge on any atom is -0.497 e. The molecule has 0 spiro atoms. The SMILES string of the molecule is COc1ccc(C(O)C(C)N2CCN(C)C(C)C2)cc1. The molecule has 1 fully saturated rings. The lowest BCUT2D eigenvalue weighted by Gasteiger charge is -2.42. The van der Waals surface area contributed by atoms with Crippen LogP contribution in [0.2, 0.25) is 0 Å². The molecule has 0 amide bonds. The third-order valence-corrected chi connectivity index (χ3v) is 4.48. The lowest BCUT2D eigenvalue weighted by molar-refractivity contribution is 0.0136. The van der Waals surface area contributed by atoms with Crippen molar-refractivity contribution in [1.82, 2.24) is 9.80 Å². The number of hydrogen-bond donors (Lipinski definition) is 1. The highest BCUT2D eigenvalue weighted by Crippen LogP contribution is 2.24. The molecule has 3 atom stereocenters. The zero-order valence-electron chi connectivity index (χ0n) is 12.9. The van der Waals surface area contributed by atoms with Crippen LogP contribution in [0.4, 0.5) is 0 Å². The Morgan fingerprint density at radius 2 is 1.90 bits per heavy atom. The van der Waals surface area contributed by atoms with E-state index in [-0.39, 0.29) is 6.04 Å². The van der Waals surface area contributed by atoms with Gasteiger partial charge in [0.25, 0.3) is 0 Å². The fourth-order valence-corrected chi connectivity index (χ4v) is 2.73. The average molecular weight is 278 g/mol. The van der Waals surface area contributed by atoms with Crippen molar-refractivity contribution in [3.05, 3.63) is 29.8 Å². The topological polar surface area (TPSA) is 35.9 Å². The number of likely N-dealkylation sites (N-methyl/N-ethyl adjacent to an activating group) is 1. The fraction of sp³-hybridized carbons (Fsp3) is 0.625. The van der Waals surface area contributed by atoms with Gasteiger partial charge < -0.3 is 14.7 Å². The standard InChI is InChI=1S/C16H26N2O2/c1-12-11-18(10-9-17(12)3)13(2)16(19)14-5-7-15(20-4)8-6-14/h5-8,12-13,16,19H,9-11H2,1-4H3. The third kappa shape index (κ3) is 3.32. The monoisotopic (exact) mass is 278 g/mol. The highest BCUT2D eigenvalue weighted by Gasteiger charge is 2.28. The number of hydrogen-bond acceptors (Lipinski definition) is 4. The van der Waals surface area contributed by atoms with Gasteiger partial charge in [0.2, 0.25) is 0 Å². The number of aliphatic hydroxyl groups excluding tert-OH is 1. The lowest BCUT2D eigenvalue weighted by Crippen LogP contribution is -2.53. The van der Waals surface area contributed by atoms with Crippen molar-refractivity contribution in [2.45, 2.75) is 32.0 Å². The normalized spacial score (nSPS) is 24.4. The molecule has 0 radical (unpaired) electrons. The molecule has 4 nitrogen and oxygen atoms in total. The summed E-state index contributed by atoms with van der Waals surface area (Å²) in [6.45, 7) is 7.41. The number of nitrogens with zero attached hydrogens (tertiary/aromatic N) is 2. The summed E-state index contributed by atoms with van der Waals surface area (Å²) in [5.74, 6) is 0.821. The maximum Gasteiger partial charge on any atom is 0.118 e. The maximum atomic E-state index is 10.6. The van der Waals surface area contributed by atoms with E-state index in [1.54, 1.807) is 7.11 Å². The number of benzene rings is 1. The Labute approximate surface area is 122 Å². The minimum absolute atomic E-state index is 0.125. The number of piperazine rings is 1. The quantitative estimate of drug-likeness (QED) is 0.910. The van der Waals surface area contributed by atoms with Gasteiger partial charge in [0.05, 0.1) is 13.2 Å². The molecule has 1 aliphatic heterocycles. The van der Waals surface area contributed by atoms with E-state index in [2.05, 4.69) is 30.7 Å². The van der Waals surface area contributed by atoms with Crippen molar-refractivity contribution < 1.29 is 9.84 Å². The van der Waals surface area contributed by atoms with Gasteiger partial charge >= 0.3 is 0 Å². The third-order valence-electron chi connectivity index (χ3n) is 4.48. The van der Waals surface area contributed by atoms with Gasteiger partial charge in [-0.1, -0.05) is 12.1 Å². The van der Waals surface area contributed by atoms with Crippen molar-refractivity contribution in [3.8, 4) is 5.75 Å². The van der Waals surface area contributed by atoms with Crippen molar-refractivity contribution in [3.63, 3.8) is 0 Å². The van der Waals surface area contributed by atoms with Gasteiger partial charge in [-0.25, -0.2) is 0 Å². The van der Waals surface area contributed by atoms with Gasteiger partial charge in [-0.2, -0.15) is 0 Å². The van der Waals surface area contributed by atoms with Crippen molar-refractivity contribution in [1.29, 1.82) is 0 Å². The summed E-state index contributed by atoms with van der Waals surface area (Å²) in [5.41, 5.74) is 0.949. The number of methoxy groups -OCH3 is 1. The average Bonchev–Trinajstić information content (AvgIpc) is 2.48. The number of ether oxygens (including phenoxy) is 1. The molecule has 1 aromatic rings. The Balaban J connectivity index is 2.02. The van der Waals surface area contributed by atoms with Crippen LogP contribution < -0.4 is 4.74 Å². The lowest BCUT2D eigenvalue weighted by atomic mass is 10.0. The maximum absolute atomic E-state index is 10.6. The van der Waals surface area contributed by atoms with Gasteiger partial charge in [0.1, 0.15) is 5.75 Å². The molecule has 1 N–H and O–H groups in total. The molecule has 0 bridgehead atoms. The molecule has 0 aliphatic carbocycles. The van der Waals surface area contributed by atoms with E-state index in [1.807, 2.05) is 24.3 Å². The van der Waals surface area contributed by atoms with Crippen molar-refractivity contribution >= 4 is 0 Å². The summed E-state index contributed by atoms with van der Waals surface area (Å²) in [6, 6.07) is 8.35. The second-order valence-electron chi connectivity index (χ2n) is 5.78. The Bertz CT molecular complexity index is 421. The zero-order valence-corrected chi connectivity index (χ0v) is 12.9. The number of rotatable bonds is 4. The summed E-state index contributed by atoms with van der Waals surface area (Å²) < 4.78 is 5.15. The Morgan fingerprint density at radius 3 is 2.45 bits per heavy atom. The van der Waals surface area contributed by atoms with Crippen molar-refractivity contribution in [2.24, 2.45) is 0 Å². The van der Waals surface area contributed by atoms with Crippen LogP contribution in [0.1, 0.15) is 25.5 Å². The molecule has 4 heteroatoms. The van der Waals surface area contributed by atoms with Gasteiger partial charge in [-0.15, -0.1) is 0 Å². The molecule has 1 heterocycles. The molecular weight excluding hydrogens is 252 g/mol. The van der Waals surface area contributed by atoms with Crippen LogP contribution in [0, 0.1) is 0 Å². The van der Waals surface area contributed by atoms with E-state index >= 15 is 0 Å². The van der Waals surface area contributed by atoms with E-state index in [0.29, 0.717) is 6.04 Å². The van der Waals surface area contributed by atoms with Gasteiger partial charge in [-0.05, 0) is 38.6 Å². The summed E-state index contributed by atoms with van der Waals surface area (Å²) in [5, 5.41) is 10.6. The first-order valence-electron chi connectivity index (χ1n) is 7.29. The van der Waals surface area contributed by atoms with Gasteiger partial charge in [-0.3, -0.25) is 4.90 Å². The van der Waals surface area contributed by atoms with Crippen molar-refractivity contribution in [2.75, 3.05) is 33.8 Å². The van der Waals surface area contributed by atoms with Crippen LogP contribution in [0.5, 0.6) is 5.75 Å².